The van der Waals surface area contributed by atoms with E-state index in [2.05, 4.69) is 33.5 Å². The Morgan fingerprint density at radius 3 is 2.83 bits per heavy atom. The molecule has 0 saturated carbocycles. The third-order valence-electron chi connectivity index (χ3n) is 5.85. The van der Waals surface area contributed by atoms with Crippen LogP contribution in [0.25, 0.3) is 10.9 Å². The van der Waals surface area contributed by atoms with Crippen LogP contribution < -0.4 is 5.32 Å². The topological polar surface area (TPSA) is 94.2 Å². The molecule has 2 atom stereocenters. The lowest BCUT2D eigenvalue weighted by Crippen LogP contribution is -2.38. The molecule has 30 heavy (non-hydrogen) atoms. The first kappa shape index (κ1) is 19.9. The van der Waals surface area contributed by atoms with Crippen molar-refractivity contribution in [3.05, 3.63) is 53.9 Å². The minimum Gasteiger partial charge on any atom is -0.364 e. The lowest BCUT2D eigenvalue weighted by Gasteiger charge is -2.23. The zero-order valence-corrected chi connectivity index (χ0v) is 17.4. The minimum atomic E-state index is -0.0512. The maximum Gasteiger partial charge on any atom is 0.255 e. The van der Waals surface area contributed by atoms with Gasteiger partial charge in [-0.15, -0.1) is 0 Å². The minimum absolute atomic E-state index is 0.0200. The van der Waals surface area contributed by atoms with Crippen LogP contribution in [-0.4, -0.2) is 63.0 Å². The van der Waals surface area contributed by atoms with Gasteiger partial charge in [0.25, 0.3) is 5.91 Å². The Morgan fingerprint density at radius 1 is 1.27 bits per heavy atom. The Labute approximate surface area is 175 Å². The van der Waals surface area contributed by atoms with Crippen LogP contribution in [0, 0.1) is 0 Å². The Balaban J connectivity index is 1.41. The maximum atomic E-state index is 12.8. The number of fused-ring (bicyclic) bond motifs is 1. The number of benzene rings is 1. The second kappa shape index (κ2) is 8.14. The number of H-pyrrole nitrogens is 1. The SMILES string of the molecule is CC(=O)N(C)[C@H]1CCN(C(=O)c2ccc(N[C@@H](C)c3cccc4[nH]ncc34)nc2)C1. The number of likely N-dealkylation sites (N-methyl/N-ethyl adjacent to an activating group) is 1. The van der Waals surface area contributed by atoms with Crippen LogP contribution in [0.1, 0.15) is 42.2 Å². The number of nitrogens with zero attached hydrogens (tertiary/aromatic N) is 4. The van der Waals surface area contributed by atoms with E-state index in [-0.39, 0.29) is 23.9 Å². The summed E-state index contributed by atoms with van der Waals surface area (Å²) in [5.41, 5.74) is 2.67. The monoisotopic (exact) mass is 406 g/mol. The van der Waals surface area contributed by atoms with Gasteiger partial charge >= 0.3 is 0 Å². The van der Waals surface area contributed by atoms with Crippen LogP contribution in [0.2, 0.25) is 0 Å². The molecule has 2 N–H and O–H groups in total. The zero-order valence-electron chi connectivity index (χ0n) is 17.4. The highest BCUT2D eigenvalue weighted by Gasteiger charge is 2.30. The molecule has 8 heteroatoms. The van der Waals surface area contributed by atoms with Gasteiger partial charge in [0, 0.05) is 38.6 Å². The predicted octanol–water partition coefficient (Wildman–Crippen LogP) is 2.82. The highest BCUT2D eigenvalue weighted by molar-refractivity contribution is 5.94. The quantitative estimate of drug-likeness (QED) is 0.680. The molecule has 1 fully saturated rings. The van der Waals surface area contributed by atoms with E-state index >= 15 is 0 Å². The molecule has 3 aromatic rings. The van der Waals surface area contributed by atoms with Crippen molar-refractivity contribution in [1.29, 1.82) is 0 Å². The maximum absolute atomic E-state index is 12.8. The molecule has 0 spiro atoms. The summed E-state index contributed by atoms with van der Waals surface area (Å²) in [6.45, 7) is 4.82. The summed E-state index contributed by atoms with van der Waals surface area (Å²) in [6.07, 6.45) is 4.23. The summed E-state index contributed by atoms with van der Waals surface area (Å²) in [4.78, 5) is 32.3. The second-order valence-electron chi connectivity index (χ2n) is 7.80. The Hall–Kier alpha value is -3.42. The highest BCUT2D eigenvalue weighted by Crippen LogP contribution is 2.25. The van der Waals surface area contributed by atoms with Crippen molar-refractivity contribution in [1.82, 2.24) is 25.0 Å². The van der Waals surface area contributed by atoms with Crippen LogP contribution >= 0.6 is 0 Å². The predicted molar refractivity (Wildman–Crippen MR) is 115 cm³/mol. The van der Waals surface area contributed by atoms with E-state index < -0.39 is 0 Å². The van der Waals surface area contributed by atoms with Crippen molar-refractivity contribution in [2.45, 2.75) is 32.4 Å². The van der Waals surface area contributed by atoms with Gasteiger partial charge in [-0.1, -0.05) is 12.1 Å². The molecule has 1 aliphatic rings. The van der Waals surface area contributed by atoms with Gasteiger partial charge in [-0.2, -0.15) is 5.10 Å². The van der Waals surface area contributed by atoms with Crippen molar-refractivity contribution in [3.63, 3.8) is 0 Å². The van der Waals surface area contributed by atoms with Crippen LogP contribution in [0.4, 0.5) is 5.82 Å². The molecule has 2 aromatic heterocycles. The van der Waals surface area contributed by atoms with E-state index in [1.807, 2.05) is 24.4 Å². The molecular formula is C22H26N6O2. The van der Waals surface area contributed by atoms with E-state index in [1.54, 1.807) is 36.0 Å². The molecule has 8 nitrogen and oxygen atoms in total. The highest BCUT2D eigenvalue weighted by atomic mass is 16.2. The molecule has 1 saturated heterocycles. The van der Waals surface area contributed by atoms with Gasteiger partial charge in [0.15, 0.2) is 0 Å². The first-order chi connectivity index (χ1) is 14.4. The number of hydrogen-bond acceptors (Lipinski definition) is 5. The normalized spacial score (nSPS) is 17.2. The lowest BCUT2D eigenvalue weighted by atomic mass is 10.0. The van der Waals surface area contributed by atoms with Gasteiger partial charge in [-0.3, -0.25) is 14.7 Å². The molecule has 156 valence electrons. The van der Waals surface area contributed by atoms with Gasteiger partial charge in [0.1, 0.15) is 5.82 Å². The van der Waals surface area contributed by atoms with Crippen molar-refractivity contribution >= 4 is 28.5 Å². The van der Waals surface area contributed by atoms with Gasteiger partial charge in [-0.25, -0.2) is 4.98 Å². The number of nitrogens with one attached hydrogen (secondary N) is 2. The molecule has 0 aliphatic carbocycles. The van der Waals surface area contributed by atoms with E-state index in [4.69, 9.17) is 0 Å². The van der Waals surface area contributed by atoms with Crippen molar-refractivity contribution in [2.24, 2.45) is 0 Å². The number of aromatic nitrogens is 3. The largest absolute Gasteiger partial charge is 0.364 e. The Bertz CT molecular complexity index is 1060. The van der Waals surface area contributed by atoms with E-state index in [0.29, 0.717) is 24.5 Å². The number of anilines is 1. The standard InChI is InChI=1S/C22H26N6O2/c1-14(18-5-4-6-20-19(18)12-24-26-20)25-21-8-7-16(11-23-21)22(30)28-10-9-17(13-28)27(3)15(2)29/h4-8,11-12,14,17H,9-10,13H2,1-3H3,(H,23,25)(H,24,26)/t14-,17-/m0/s1. The van der Waals surface area contributed by atoms with Crippen LogP contribution in [0.3, 0.4) is 0 Å². The number of hydrogen-bond donors (Lipinski definition) is 2. The molecule has 0 bridgehead atoms. The summed E-state index contributed by atoms with van der Waals surface area (Å²) in [5.74, 6) is 0.673. The number of amides is 2. The van der Waals surface area contributed by atoms with Gasteiger partial charge < -0.3 is 15.1 Å². The number of carbonyl (C=O) groups is 2. The Morgan fingerprint density at radius 2 is 2.10 bits per heavy atom. The summed E-state index contributed by atoms with van der Waals surface area (Å²) in [6, 6.07) is 9.78. The zero-order chi connectivity index (χ0) is 21.3. The summed E-state index contributed by atoms with van der Waals surface area (Å²) in [5, 5.41) is 11.6. The fourth-order valence-electron chi connectivity index (χ4n) is 3.96. The van der Waals surface area contributed by atoms with Crippen LogP contribution in [0.15, 0.2) is 42.7 Å². The fourth-order valence-corrected chi connectivity index (χ4v) is 3.96. The smallest absolute Gasteiger partial charge is 0.255 e. The number of carbonyl (C=O) groups excluding carboxylic acids is 2. The summed E-state index contributed by atoms with van der Waals surface area (Å²) in [7, 11) is 1.79. The third-order valence-corrected chi connectivity index (χ3v) is 5.85. The van der Waals surface area contributed by atoms with Crippen LogP contribution in [-0.2, 0) is 4.79 Å². The number of pyridine rings is 1. The molecule has 1 aliphatic heterocycles. The fraction of sp³-hybridized carbons (Fsp3) is 0.364. The molecule has 2 amide bonds. The lowest BCUT2D eigenvalue weighted by molar-refractivity contribution is -0.129. The van der Waals surface area contributed by atoms with Crippen LogP contribution in [0.5, 0.6) is 0 Å². The Kier molecular flexibility index (Phi) is 5.39. The molecule has 1 aromatic carbocycles. The van der Waals surface area contributed by atoms with Gasteiger partial charge in [-0.05, 0) is 37.1 Å². The number of likely N-dealkylation sites (tertiary alicyclic amines) is 1. The summed E-state index contributed by atoms with van der Waals surface area (Å²) >= 11 is 0. The first-order valence-electron chi connectivity index (χ1n) is 10.1. The molecule has 0 radical (unpaired) electrons. The summed E-state index contributed by atoms with van der Waals surface area (Å²) < 4.78 is 0. The average Bonchev–Trinajstić information content (AvgIpc) is 3.42. The molecular weight excluding hydrogens is 380 g/mol. The van der Waals surface area contributed by atoms with E-state index in [0.717, 1.165) is 22.9 Å². The van der Waals surface area contributed by atoms with Crippen molar-refractivity contribution in [2.75, 3.05) is 25.5 Å². The van der Waals surface area contributed by atoms with E-state index in [1.165, 1.54) is 0 Å². The number of aromatic amines is 1. The van der Waals surface area contributed by atoms with E-state index in [9.17, 15) is 9.59 Å². The van der Waals surface area contributed by atoms with Crippen molar-refractivity contribution in [3.8, 4) is 0 Å². The first-order valence-corrected chi connectivity index (χ1v) is 10.1. The number of rotatable bonds is 5. The van der Waals surface area contributed by atoms with Crippen molar-refractivity contribution < 1.29 is 9.59 Å². The second-order valence-corrected chi connectivity index (χ2v) is 7.80. The molecule has 0 unspecified atom stereocenters. The van der Waals surface area contributed by atoms with Gasteiger partial charge in [0.05, 0.1) is 29.4 Å². The average molecular weight is 406 g/mol. The van der Waals surface area contributed by atoms with Gasteiger partial charge in [0.2, 0.25) is 5.91 Å². The molecule has 4 rings (SSSR count). The molecule has 3 heterocycles. The third kappa shape index (κ3) is 3.85.